The van der Waals surface area contributed by atoms with Crippen LogP contribution in [0.2, 0.25) is 0 Å². The lowest BCUT2D eigenvalue weighted by Crippen LogP contribution is -2.04. The fourth-order valence-corrected chi connectivity index (χ4v) is 2.47. The zero-order chi connectivity index (χ0) is 19.2. The zero-order valence-electron chi connectivity index (χ0n) is 14.6. The minimum Gasteiger partial charge on any atom is -0.290 e. The predicted octanol–water partition coefficient (Wildman–Crippen LogP) is 5.68. The van der Waals surface area contributed by atoms with E-state index < -0.39 is 11.7 Å². The van der Waals surface area contributed by atoms with Crippen LogP contribution < -0.4 is 0 Å². The van der Waals surface area contributed by atoms with Crippen LogP contribution in [0.5, 0.6) is 0 Å². The third-order valence-corrected chi connectivity index (χ3v) is 3.94. The van der Waals surface area contributed by atoms with Gasteiger partial charge in [0.15, 0.2) is 0 Å². The molecule has 0 bridgehead atoms. The number of nitriles is 1. The minimum atomic E-state index is -4.30. The van der Waals surface area contributed by atoms with Crippen LogP contribution in [0.3, 0.4) is 0 Å². The first-order valence-corrected chi connectivity index (χ1v) is 8.15. The topological polar surface area (TPSA) is 36.1 Å². The molecule has 0 spiro atoms. The van der Waals surface area contributed by atoms with Gasteiger partial charge in [-0.3, -0.25) is 4.99 Å². The number of alkyl halides is 3. The van der Waals surface area contributed by atoms with Crippen LogP contribution in [-0.2, 0) is 12.6 Å². The molecule has 0 atom stereocenters. The van der Waals surface area contributed by atoms with Crippen molar-refractivity contribution in [1.82, 2.24) is 0 Å². The molecule has 0 N–H and O–H groups in total. The van der Waals surface area contributed by atoms with Gasteiger partial charge in [-0.05, 0) is 67.3 Å². The van der Waals surface area contributed by atoms with Crippen LogP contribution in [0.25, 0.3) is 5.57 Å². The molecule has 0 aliphatic heterocycles. The number of halogens is 3. The van der Waals surface area contributed by atoms with E-state index in [4.69, 9.17) is 5.26 Å². The van der Waals surface area contributed by atoms with Gasteiger partial charge in [0, 0.05) is 12.3 Å². The molecular weight excluding hydrogens is 337 g/mol. The summed E-state index contributed by atoms with van der Waals surface area (Å²) in [6.07, 6.45) is -1.77. The SMILES string of the molecule is CC(/C=C(\C)c1ccc(C#N)cc1)=NCCc1ccc(C(F)(F)F)cc1. The lowest BCUT2D eigenvalue weighted by molar-refractivity contribution is -0.137. The molecule has 2 nitrogen and oxygen atoms in total. The summed E-state index contributed by atoms with van der Waals surface area (Å²) in [7, 11) is 0. The van der Waals surface area contributed by atoms with E-state index in [1.54, 1.807) is 12.1 Å². The Kier molecular flexibility index (Phi) is 6.35. The zero-order valence-corrected chi connectivity index (χ0v) is 14.6. The molecule has 0 heterocycles. The summed E-state index contributed by atoms with van der Waals surface area (Å²) in [5.74, 6) is 0. The first-order chi connectivity index (χ1) is 12.3. The van der Waals surface area contributed by atoms with Gasteiger partial charge in [0.2, 0.25) is 0 Å². The van der Waals surface area contributed by atoms with E-state index in [0.717, 1.165) is 34.5 Å². The molecule has 0 amide bonds. The maximum Gasteiger partial charge on any atom is 0.416 e. The second kappa shape index (κ2) is 8.48. The average Bonchev–Trinajstić information content (AvgIpc) is 2.61. The second-order valence-electron chi connectivity index (χ2n) is 5.98. The molecule has 0 unspecified atom stereocenters. The monoisotopic (exact) mass is 356 g/mol. The quantitative estimate of drug-likeness (QED) is 0.635. The van der Waals surface area contributed by atoms with Crippen molar-refractivity contribution < 1.29 is 13.2 Å². The Morgan fingerprint density at radius 3 is 2.19 bits per heavy atom. The highest BCUT2D eigenvalue weighted by Gasteiger charge is 2.29. The maximum absolute atomic E-state index is 12.5. The first kappa shape index (κ1) is 19.5. The van der Waals surface area contributed by atoms with Crippen molar-refractivity contribution in [3.8, 4) is 6.07 Å². The van der Waals surface area contributed by atoms with Crippen LogP contribution in [-0.4, -0.2) is 12.3 Å². The number of nitrogens with zero attached hydrogens (tertiary/aromatic N) is 2. The number of hydrogen-bond donors (Lipinski definition) is 0. The van der Waals surface area contributed by atoms with Gasteiger partial charge in [0.1, 0.15) is 0 Å². The predicted molar refractivity (Wildman–Crippen MR) is 97.9 cm³/mol. The van der Waals surface area contributed by atoms with Crippen molar-refractivity contribution in [3.63, 3.8) is 0 Å². The highest BCUT2D eigenvalue weighted by molar-refractivity contribution is 5.98. The summed E-state index contributed by atoms with van der Waals surface area (Å²) < 4.78 is 37.6. The van der Waals surface area contributed by atoms with Crippen molar-refractivity contribution >= 4 is 11.3 Å². The Bertz CT molecular complexity index is 837. The Morgan fingerprint density at radius 2 is 1.65 bits per heavy atom. The van der Waals surface area contributed by atoms with Gasteiger partial charge in [-0.25, -0.2) is 0 Å². The Labute approximate surface area is 151 Å². The number of hydrogen-bond acceptors (Lipinski definition) is 2. The second-order valence-corrected chi connectivity index (χ2v) is 5.98. The van der Waals surface area contributed by atoms with Gasteiger partial charge in [0.05, 0.1) is 17.2 Å². The summed E-state index contributed by atoms with van der Waals surface area (Å²) in [5, 5.41) is 8.82. The van der Waals surface area contributed by atoms with E-state index in [1.165, 1.54) is 12.1 Å². The highest BCUT2D eigenvalue weighted by atomic mass is 19.4. The van der Waals surface area contributed by atoms with E-state index in [-0.39, 0.29) is 0 Å². The molecule has 0 saturated carbocycles. The summed E-state index contributed by atoms with van der Waals surface area (Å²) in [5.41, 5.74) is 3.69. The van der Waals surface area contributed by atoms with Crippen LogP contribution in [0, 0.1) is 11.3 Å². The van der Waals surface area contributed by atoms with Crippen LogP contribution in [0.1, 0.15) is 36.1 Å². The van der Waals surface area contributed by atoms with Crippen molar-refractivity contribution in [2.24, 2.45) is 4.99 Å². The van der Waals surface area contributed by atoms with Crippen LogP contribution in [0.15, 0.2) is 59.6 Å². The lowest BCUT2D eigenvalue weighted by atomic mass is 10.0. The molecule has 0 aliphatic rings. The van der Waals surface area contributed by atoms with Crippen LogP contribution >= 0.6 is 0 Å². The lowest BCUT2D eigenvalue weighted by Gasteiger charge is -2.07. The Morgan fingerprint density at radius 1 is 1.04 bits per heavy atom. The molecule has 2 rings (SSSR count). The standard InChI is InChI=1S/C21H19F3N2/c1-15(19-7-3-18(14-25)4-8-19)13-16(2)26-12-11-17-5-9-20(10-6-17)21(22,23)24/h3-10,13H,11-12H2,1-2H3/b15-13+,26-16?. The maximum atomic E-state index is 12.5. The van der Waals surface area contributed by atoms with Gasteiger partial charge in [-0.15, -0.1) is 0 Å². The number of allylic oxidation sites excluding steroid dienone is 2. The Balaban J connectivity index is 1.96. The molecule has 0 radical (unpaired) electrons. The molecule has 2 aromatic rings. The Hall–Kier alpha value is -2.87. The molecule has 0 aliphatic carbocycles. The van der Waals surface area contributed by atoms with Gasteiger partial charge in [-0.1, -0.05) is 24.3 Å². The van der Waals surface area contributed by atoms with Gasteiger partial charge < -0.3 is 0 Å². The van der Waals surface area contributed by atoms with E-state index in [0.29, 0.717) is 18.5 Å². The van der Waals surface area contributed by atoms with Crippen molar-refractivity contribution in [2.45, 2.75) is 26.4 Å². The summed E-state index contributed by atoms with van der Waals surface area (Å²) in [6.45, 7) is 4.37. The van der Waals surface area contributed by atoms with Gasteiger partial charge in [0.25, 0.3) is 0 Å². The van der Waals surface area contributed by atoms with Crippen molar-refractivity contribution in [2.75, 3.05) is 6.54 Å². The molecule has 0 aromatic heterocycles. The molecule has 0 fully saturated rings. The third kappa shape index (κ3) is 5.59. The fourth-order valence-electron chi connectivity index (χ4n) is 2.47. The molecule has 0 saturated heterocycles. The number of benzene rings is 2. The molecular formula is C21H19F3N2. The summed E-state index contributed by atoms with van der Waals surface area (Å²) in [6, 6.07) is 14.6. The van der Waals surface area contributed by atoms with E-state index >= 15 is 0 Å². The summed E-state index contributed by atoms with van der Waals surface area (Å²) >= 11 is 0. The molecule has 5 heteroatoms. The molecule has 134 valence electrons. The minimum absolute atomic E-state index is 0.508. The largest absolute Gasteiger partial charge is 0.416 e. The van der Waals surface area contributed by atoms with Gasteiger partial charge in [-0.2, -0.15) is 18.4 Å². The first-order valence-electron chi connectivity index (χ1n) is 8.15. The van der Waals surface area contributed by atoms with E-state index in [9.17, 15) is 13.2 Å². The number of aliphatic imine (C=N–C) groups is 1. The third-order valence-electron chi connectivity index (χ3n) is 3.94. The highest BCUT2D eigenvalue weighted by Crippen LogP contribution is 2.29. The molecule has 26 heavy (non-hydrogen) atoms. The fraction of sp³-hybridized carbons (Fsp3) is 0.238. The van der Waals surface area contributed by atoms with E-state index in [1.807, 2.05) is 32.1 Å². The summed E-state index contributed by atoms with van der Waals surface area (Å²) in [4.78, 5) is 4.46. The normalized spacial score (nSPS) is 12.8. The number of rotatable bonds is 5. The van der Waals surface area contributed by atoms with Crippen molar-refractivity contribution in [1.29, 1.82) is 5.26 Å². The van der Waals surface area contributed by atoms with Gasteiger partial charge >= 0.3 is 6.18 Å². The molecule has 2 aromatic carbocycles. The average molecular weight is 356 g/mol. The smallest absolute Gasteiger partial charge is 0.290 e. The van der Waals surface area contributed by atoms with E-state index in [2.05, 4.69) is 11.1 Å². The van der Waals surface area contributed by atoms with Crippen molar-refractivity contribution in [3.05, 3.63) is 76.9 Å². The van der Waals surface area contributed by atoms with Crippen LogP contribution in [0.4, 0.5) is 13.2 Å².